The Hall–Kier alpha value is -2.95. The molecule has 1 unspecified atom stereocenters. The van der Waals surface area contributed by atoms with Gasteiger partial charge in [0, 0.05) is 12.0 Å². The average molecular weight is 416 g/mol. The van der Waals surface area contributed by atoms with E-state index in [4.69, 9.17) is 9.47 Å². The fourth-order valence-corrected chi connectivity index (χ4v) is 4.55. The summed E-state index contributed by atoms with van der Waals surface area (Å²) in [5.74, 6) is -0.303. The van der Waals surface area contributed by atoms with Crippen molar-refractivity contribution >= 4 is 5.97 Å². The van der Waals surface area contributed by atoms with Gasteiger partial charge in [0.05, 0.1) is 25.9 Å². The van der Waals surface area contributed by atoms with Crippen LogP contribution in [-0.4, -0.2) is 26.2 Å². The molecule has 0 aromatic heterocycles. The highest BCUT2D eigenvalue weighted by atomic mass is 16.5. The summed E-state index contributed by atoms with van der Waals surface area (Å²) in [6.45, 7) is 2.99. The molecule has 0 aliphatic carbocycles. The third-order valence-electron chi connectivity index (χ3n) is 6.10. The molecule has 4 nitrogen and oxygen atoms in total. The van der Waals surface area contributed by atoms with Crippen LogP contribution in [0.4, 0.5) is 0 Å². The first-order valence-corrected chi connectivity index (χ1v) is 10.8. The summed E-state index contributed by atoms with van der Waals surface area (Å²) in [6.07, 6.45) is 2.02. The van der Waals surface area contributed by atoms with Gasteiger partial charge in [-0.3, -0.25) is 0 Å². The van der Waals surface area contributed by atoms with Crippen LogP contribution in [0.2, 0.25) is 0 Å². The number of benzene rings is 3. The number of nitrogens with one attached hydrogen (secondary N) is 1. The zero-order chi connectivity index (χ0) is 21.5. The highest BCUT2D eigenvalue weighted by Gasteiger charge is 2.38. The molecule has 0 saturated carbocycles. The number of methoxy groups -OCH3 is 1. The monoisotopic (exact) mass is 415 g/mol. The van der Waals surface area contributed by atoms with E-state index in [0.29, 0.717) is 18.8 Å². The van der Waals surface area contributed by atoms with E-state index >= 15 is 0 Å². The summed E-state index contributed by atoms with van der Waals surface area (Å²) in [6, 6.07) is 27.0. The van der Waals surface area contributed by atoms with Gasteiger partial charge in [-0.1, -0.05) is 66.7 Å². The van der Waals surface area contributed by atoms with Gasteiger partial charge in [-0.25, -0.2) is 4.79 Å². The SMILES string of the molecule is COC(=O)c1cccc(CNCCCC2(c3ccccc3)COCc3ccccc32)c1. The van der Waals surface area contributed by atoms with Crippen LogP contribution in [0.1, 0.15) is 45.5 Å². The Bertz CT molecular complexity index is 1020. The topological polar surface area (TPSA) is 47.6 Å². The maximum Gasteiger partial charge on any atom is 0.337 e. The Balaban J connectivity index is 1.43. The van der Waals surface area contributed by atoms with E-state index in [1.54, 1.807) is 6.07 Å². The van der Waals surface area contributed by atoms with Crippen molar-refractivity contribution in [3.63, 3.8) is 0 Å². The van der Waals surface area contributed by atoms with E-state index in [1.807, 2.05) is 18.2 Å². The number of carbonyl (C=O) groups excluding carboxylic acids is 1. The maximum absolute atomic E-state index is 11.7. The van der Waals surface area contributed by atoms with E-state index in [2.05, 4.69) is 59.9 Å². The Kier molecular flexibility index (Phi) is 6.80. The molecule has 0 fully saturated rings. The van der Waals surface area contributed by atoms with Crippen LogP contribution >= 0.6 is 0 Å². The fraction of sp³-hybridized carbons (Fsp3) is 0.296. The van der Waals surface area contributed by atoms with Gasteiger partial charge in [0.1, 0.15) is 0 Å². The quantitative estimate of drug-likeness (QED) is 0.422. The maximum atomic E-state index is 11.7. The predicted molar refractivity (Wildman–Crippen MR) is 122 cm³/mol. The van der Waals surface area contributed by atoms with Crippen LogP contribution in [0.5, 0.6) is 0 Å². The molecule has 1 aliphatic rings. The van der Waals surface area contributed by atoms with Crippen LogP contribution in [0.15, 0.2) is 78.9 Å². The van der Waals surface area contributed by atoms with Crippen molar-refractivity contribution in [2.24, 2.45) is 0 Å². The fourth-order valence-electron chi connectivity index (χ4n) is 4.55. The van der Waals surface area contributed by atoms with Crippen molar-refractivity contribution in [1.82, 2.24) is 5.32 Å². The number of esters is 1. The minimum absolute atomic E-state index is 0.122. The minimum Gasteiger partial charge on any atom is -0.465 e. The Morgan fingerprint density at radius 3 is 2.68 bits per heavy atom. The standard InChI is InChI=1S/C27H29NO3/c1-30-26(29)22-11-7-9-21(17-22)18-28-16-8-15-27(24-12-3-2-4-13-24)20-31-19-23-10-5-6-14-25(23)27/h2-7,9-14,17,28H,8,15-16,18-20H2,1H3. The summed E-state index contributed by atoms with van der Waals surface area (Å²) < 4.78 is 10.9. The summed E-state index contributed by atoms with van der Waals surface area (Å²) >= 11 is 0. The van der Waals surface area contributed by atoms with E-state index in [1.165, 1.54) is 23.8 Å². The van der Waals surface area contributed by atoms with Gasteiger partial charge in [-0.2, -0.15) is 0 Å². The number of hydrogen-bond donors (Lipinski definition) is 1. The van der Waals surface area contributed by atoms with Gasteiger partial charge >= 0.3 is 5.97 Å². The van der Waals surface area contributed by atoms with Crippen LogP contribution in [0, 0.1) is 0 Å². The van der Waals surface area contributed by atoms with Crippen molar-refractivity contribution in [3.8, 4) is 0 Å². The number of ether oxygens (including phenoxy) is 2. The lowest BCUT2D eigenvalue weighted by Crippen LogP contribution is -2.38. The smallest absolute Gasteiger partial charge is 0.337 e. The van der Waals surface area contributed by atoms with Gasteiger partial charge in [-0.05, 0) is 53.8 Å². The number of fused-ring (bicyclic) bond motifs is 1. The molecular formula is C27H29NO3. The largest absolute Gasteiger partial charge is 0.465 e. The molecule has 0 spiro atoms. The number of hydrogen-bond acceptors (Lipinski definition) is 4. The third-order valence-corrected chi connectivity index (χ3v) is 6.10. The second kappa shape index (κ2) is 9.90. The second-order valence-electron chi connectivity index (χ2n) is 8.07. The minimum atomic E-state index is -0.303. The molecule has 1 aliphatic heterocycles. The molecule has 1 heterocycles. The molecule has 3 aromatic rings. The number of carbonyl (C=O) groups is 1. The first-order chi connectivity index (χ1) is 15.2. The summed E-state index contributed by atoms with van der Waals surface area (Å²) in [7, 11) is 1.41. The van der Waals surface area contributed by atoms with Crippen LogP contribution in [0.25, 0.3) is 0 Å². The van der Waals surface area contributed by atoms with Crippen molar-refractivity contribution in [3.05, 3.63) is 107 Å². The van der Waals surface area contributed by atoms with Crippen molar-refractivity contribution < 1.29 is 14.3 Å². The predicted octanol–water partition coefficient (Wildman–Crippen LogP) is 4.86. The normalized spacial score (nSPS) is 17.7. The molecule has 4 rings (SSSR count). The molecule has 0 bridgehead atoms. The number of rotatable bonds is 8. The Morgan fingerprint density at radius 1 is 1.03 bits per heavy atom. The molecule has 3 aromatic carbocycles. The summed E-state index contributed by atoms with van der Waals surface area (Å²) in [5.41, 5.74) is 5.52. The lowest BCUT2D eigenvalue weighted by atomic mass is 9.69. The molecule has 0 amide bonds. The molecule has 1 atom stereocenters. The van der Waals surface area contributed by atoms with Gasteiger partial charge < -0.3 is 14.8 Å². The van der Waals surface area contributed by atoms with Gasteiger partial charge in [0.2, 0.25) is 0 Å². The highest BCUT2D eigenvalue weighted by molar-refractivity contribution is 5.89. The van der Waals surface area contributed by atoms with Gasteiger partial charge in [0.15, 0.2) is 0 Å². The van der Waals surface area contributed by atoms with Crippen LogP contribution in [-0.2, 0) is 28.0 Å². The zero-order valence-corrected chi connectivity index (χ0v) is 18.0. The molecule has 31 heavy (non-hydrogen) atoms. The van der Waals surface area contributed by atoms with Gasteiger partial charge in [-0.15, -0.1) is 0 Å². The van der Waals surface area contributed by atoms with E-state index in [9.17, 15) is 4.79 Å². The molecule has 0 radical (unpaired) electrons. The van der Waals surface area contributed by atoms with E-state index < -0.39 is 0 Å². The van der Waals surface area contributed by atoms with Crippen LogP contribution in [0.3, 0.4) is 0 Å². The first kappa shape index (κ1) is 21.3. The first-order valence-electron chi connectivity index (χ1n) is 10.8. The van der Waals surface area contributed by atoms with E-state index in [-0.39, 0.29) is 11.4 Å². The zero-order valence-electron chi connectivity index (χ0n) is 18.0. The summed E-state index contributed by atoms with van der Waals surface area (Å²) in [5, 5.41) is 3.53. The molecule has 0 saturated heterocycles. The summed E-state index contributed by atoms with van der Waals surface area (Å²) in [4.78, 5) is 11.7. The van der Waals surface area contributed by atoms with Crippen molar-refractivity contribution in [2.45, 2.75) is 31.4 Å². The van der Waals surface area contributed by atoms with Crippen LogP contribution < -0.4 is 5.32 Å². The lowest BCUT2D eigenvalue weighted by Gasteiger charge is -2.40. The molecule has 160 valence electrons. The molecular weight excluding hydrogens is 386 g/mol. The molecule has 4 heteroatoms. The second-order valence-corrected chi connectivity index (χ2v) is 8.07. The average Bonchev–Trinajstić information content (AvgIpc) is 2.84. The third kappa shape index (κ3) is 4.71. The lowest BCUT2D eigenvalue weighted by molar-refractivity contribution is 0.0600. The van der Waals surface area contributed by atoms with Crippen molar-refractivity contribution in [2.75, 3.05) is 20.3 Å². The highest BCUT2D eigenvalue weighted by Crippen LogP contribution is 2.41. The van der Waals surface area contributed by atoms with Gasteiger partial charge in [0.25, 0.3) is 0 Å². The Labute approximate surface area is 184 Å². The molecule has 1 N–H and O–H groups in total. The van der Waals surface area contributed by atoms with Crippen molar-refractivity contribution in [1.29, 1.82) is 0 Å². The van der Waals surface area contributed by atoms with E-state index in [0.717, 1.165) is 31.5 Å². The Morgan fingerprint density at radius 2 is 1.84 bits per heavy atom.